The molecule has 3 nitrogen and oxygen atoms in total. The second-order valence-electron chi connectivity index (χ2n) is 4.64. The van der Waals surface area contributed by atoms with E-state index in [1.807, 2.05) is 12.1 Å². The summed E-state index contributed by atoms with van der Waals surface area (Å²) in [6.07, 6.45) is 1.99. The molecule has 2 rings (SSSR count). The van der Waals surface area contributed by atoms with Crippen LogP contribution in [0.5, 0.6) is 0 Å². The molecule has 0 amide bonds. The van der Waals surface area contributed by atoms with Crippen molar-refractivity contribution < 1.29 is 5.11 Å². The van der Waals surface area contributed by atoms with Crippen molar-refractivity contribution in [3.05, 3.63) is 28.2 Å². The number of rotatable bonds is 4. The molecule has 5 heteroatoms. The summed E-state index contributed by atoms with van der Waals surface area (Å²) in [6.45, 7) is 2.24. The number of nitrogens with two attached hydrogens (primary N) is 1. The quantitative estimate of drug-likeness (QED) is 0.832. The van der Waals surface area contributed by atoms with Crippen molar-refractivity contribution in [3.63, 3.8) is 0 Å². The van der Waals surface area contributed by atoms with Crippen LogP contribution in [0.2, 0.25) is 0 Å². The molecule has 3 N–H and O–H groups in total. The lowest BCUT2D eigenvalue weighted by Crippen LogP contribution is -2.24. The van der Waals surface area contributed by atoms with E-state index >= 15 is 0 Å². The Morgan fingerprint density at radius 1 is 1.56 bits per heavy atom. The first-order valence-electron chi connectivity index (χ1n) is 6.07. The average Bonchev–Trinajstić information content (AvgIpc) is 2.78. The fourth-order valence-electron chi connectivity index (χ4n) is 2.45. The zero-order chi connectivity index (χ0) is 13.1. The number of nitrogens with zero attached hydrogens (tertiary/aromatic N) is 1. The van der Waals surface area contributed by atoms with Crippen molar-refractivity contribution in [2.24, 2.45) is 11.7 Å². The van der Waals surface area contributed by atoms with Gasteiger partial charge in [-0.2, -0.15) is 0 Å². The molecule has 98 valence electrons. The lowest BCUT2D eigenvalue weighted by molar-refractivity contribution is 0.263. The molecule has 1 fully saturated rings. The van der Waals surface area contributed by atoms with Crippen LogP contribution in [0.25, 0.3) is 0 Å². The normalized spacial score (nSPS) is 19.2. The third-order valence-electron chi connectivity index (χ3n) is 3.39. The van der Waals surface area contributed by atoms with Gasteiger partial charge in [-0.3, -0.25) is 0 Å². The molecular formula is C13H17BrN2OS. The summed E-state index contributed by atoms with van der Waals surface area (Å²) in [4.78, 5) is 2.73. The Balaban J connectivity index is 2.21. The van der Waals surface area contributed by atoms with E-state index in [-0.39, 0.29) is 6.61 Å². The highest BCUT2D eigenvalue weighted by Crippen LogP contribution is 2.30. The SMILES string of the molecule is NC(=S)c1cc(Br)ccc1N1CCC(CCO)C1. The van der Waals surface area contributed by atoms with Gasteiger partial charge >= 0.3 is 0 Å². The van der Waals surface area contributed by atoms with Gasteiger partial charge in [0.25, 0.3) is 0 Å². The second-order valence-corrected chi connectivity index (χ2v) is 5.99. The maximum atomic E-state index is 9.00. The predicted octanol–water partition coefficient (Wildman–Crippen LogP) is 2.29. The van der Waals surface area contributed by atoms with Crippen LogP contribution in [0.4, 0.5) is 5.69 Å². The van der Waals surface area contributed by atoms with Gasteiger partial charge in [0.2, 0.25) is 0 Å². The molecule has 1 aromatic carbocycles. The highest BCUT2D eigenvalue weighted by Gasteiger charge is 2.24. The minimum Gasteiger partial charge on any atom is -0.396 e. The van der Waals surface area contributed by atoms with Gasteiger partial charge in [0.1, 0.15) is 4.99 Å². The first-order valence-corrected chi connectivity index (χ1v) is 7.27. The molecule has 1 heterocycles. The third-order valence-corrected chi connectivity index (χ3v) is 4.10. The molecular weight excluding hydrogens is 312 g/mol. The summed E-state index contributed by atoms with van der Waals surface area (Å²) in [5.41, 5.74) is 7.81. The number of aliphatic hydroxyl groups excluding tert-OH is 1. The fourth-order valence-corrected chi connectivity index (χ4v) is 2.98. The van der Waals surface area contributed by atoms with Gasteiger partial charge in [-0.1, -0.05) is 28.1 Å². The van der Waals surface area contributed by atoms with Crippen molar-refractivity contribution >= 4 is 38.8 Å². The summed E-state index contributed by atoms with van der Waals surface area (Å²) in [5.74, 6) is 0.567. The largest absolute Gasteiger partial charge is 0.396 e. The van der Waals surface area contributed by atoms with Crippen LogP contribution in [0.3, 0.4) is 0 Å². The Bertz CT molecular complexity index is 453. The van der Waals surface area contributed by atoms with E-state index < -0.39 is 0 Å². The Kier molecular flexibility index (Phi) is 4.59. The van der Waals surface area contributed by atoms with Crippen LogP contribution < -0.4 is 10.6 Å². The number of anilines is 1. The second kappa shape index (κ2) is 5.99. The number of aliphatic hydroxyl groups is 1. The molecule has 0 aromatic heterocycles. The van der Waals surface area contributed by atoms with E-state index in [4.69, 9.17) is 23.1 Å². The summed E-state index contributed by atoms with van der Waals surface area (Å²) >= 11 is 8.56. The molecule has 1 unspecified atom stereocenters. The number of halogens is 1. The lowest BCUT2D eigenvalue weighted by atomic mass is 10.1. The number of thiocarbonyl (C=S) groups is 1. The average molecular weight is 329 g/mol. The van der Waals surface area contributed by atoms with E-state index in [1.165, 1.54) is 0 Å². The maximum absolute atomic E-state index is 9.00. The molecule has 0 spiro atoms. The van der Waals surface area contributed by atoms with Crippen molar-refractivity contribution in [2.75, 3.05) is 24.6 Å². The van der Waals surface area contributed by atoms with Gasteiger partial charge in [-0.05, 0) is 37.0 Å². The van der Waals surface area contributed by atoms with Crippen LogP contribution in [-0.4, -0.2) is 29.8 Å². The molecule has 1 aliphatic rings. The van der Waals surface area contributed by atoms with Crippen LogP contribution in [0.15, 0.2) is 22.7 Å². The number of benzene rings is 1. The van der Waals surface area contributed by atoms with Gasteiger partial charge in [0, 0.05) is 35.4 Å². The van der Waals surface area contributed by atoms with Crippen LogP contribution in [0.1, 0.15) is 18.4 Å². The Hall–Kier alpha value is -0.650. The standard InChI is InChI=1S/C13H17BrN2OS/c14-10-1-2-12(11(7-10)13(15)18)16-5-3-9(8-16)4-6-17/h1-2,7,9,17H,3-6,8H2,(H2,15,18). The maximum Gasteiger partial charge on any atom is 0.106 e. The molecule has 0 bridgehead atoms. The smallest absolute Gasteiger partial charge is 0.106 e. The van der Waals surface area contributed by atoms with Crippen molar-refractivity contribution in [2.45, 2.75) is 12.8 Å². The van der Waals surface area contributed by atoms with Crippen LogP contribution >= 0.6 is 28.1 Å². The van der Waals surface area contributed by atoms with E-state index in [0.717, 1.165) is 41.7 Å². The first kappa shape index (κ1) is 13.8. The Labute approximate surface area is 121 Å². The minimum atomic E-state index is 0.265. The zero-order valence-electron chi connectivity index (χ0n) is 10.1. The van der Waals surface area contributed by atoms with Gasteiger partial charge in [0.05, 0.1) is 0 Å². The molecule has 1 atom stereocenters. The Morgan fingerprint density at radius 2 is 2.33 bits per heavy atom. The summed E-state index contributed by atoms with van der Waals surface area (Å²) in [6, 6.07) is 6.04. The lowest BCUT2D eigenvalue weighted by Gasteiger charge is -2.22. The van der Waals surface area contributed by atoms with Crippen LogP contribution in [0, 0.1) is 5.92 Å². The summed E-state index contributed by atoms with van der Waals surface area (Å²) in [5, 5.41) is 9.00. The van der Waals surface area contributed by atoms with Crippen molar-refractivity contribution in [1.29, 1.82) is 0 Å². The summed E-state index contributed by atoms with van der Waals surface area (Å²) in [7, 11) is 0. The number of hydrogen-bond acceptors (Lipinski definition) is 3. The predicted molar refractivity (Wildman–Crippen MR) is 82.1 cm³/mol. The molecule has 1 aliphatic heterocycles. The Morgan fingerprint density at radius 3 is 3.00 bits per heavy atom. The fraction of sp³-hybridized carbons (Fsp3) is 0.462. The first-order chi connectivity index (χ1) is 8.61. The van der Waals surface area contributed by atoms with Gasteiger partial charge < -0.3 is 15.7 Å². The monoisotopic (exact) mass is 328 g/mol. The molecule has 1 aromatic rings. The van der Waals surface area contributed by atoms with Gasteiger partial charge in [-0.15, -0.1) is 0 Å². The van der Waals surface area contributed by atoms with E-state index in [2.05, 4.69) is 26.9 Å². The minimum absolute atomic E-state index is 0.265. The zero-order valence-corrected chi connectivity index (χ0v) is 12.5. The molecule has 1 saturated heterocycles. The van der Waals surface area contributed by atoms with Gasteiger partial charge in [-0.25, -0.2) is 0 Å². The highest BCUT2D eigenvalue weighted by molar-refractivity contribution is 9.10. The number of hydrogen-bond donors (Lipinski definition) is 2. The van der Waals surface area contributed by atoms with E-state index in [1.54, 1.807) is 0 Å². The molecule has 0 saturated carbocycles. The topological polar surface area (TPSA) is 49.5 Å². The van der Waals surface area contributed by atoms with E-state index in [9.17, 15) is 0 Å². The van der Waals surface area contributed by atoms with Gasteiger partial charge in [0.15, 0.2) is 0 Å². The van der Waals surface area contributed by atoms with Crippen molar-refractivity contribution in [1.82, 2.24) is 0 Å². The van der Waals surface area contributed by atoms with E-state index in [0.29, 0.717) is 10.9 Å². The van der Waals surface area contributed by atoms with Crippen LogP contribution in [-0.2, 0) is 0 Å². The molecule has 18 heavy (non-hydrogen) atoms. The molecule has 0 aliphatic carbocycles. The third kappa shape index (κ3) is 3.02. The van der Waals surface area contributed by atoms with Crippen molar-refractivity contribution in [3.8, 4) is 0 Å². The molecule has 0 radical (unpaired) electrons. The highest BCUT2D eigenvalue weighted by atomic mass is 79.9. The summed E-state index contributed by atoms with van der Waals surface area (Å²) < 4.78 is 0.986.